The summed E-state index contributed by atoms with van der Waals surface area (Å²) in [6.45, 7) is 2.23. The lowest BCUT2D eigenvalue weighted by Crippen LogP contribution is -1.77. The maximum absolute atomic E-state index is 2.29. The topological polar surface area (TPSA) is 0 Å². The van der Waals surface area contributed by atoms with E-state index in [2.05, 4.69) is 37.0 Å². The van der Waals surface area contributed by atoms with E-state index in [1.807, 2.05) is 11.3 Å². The van der Waals surface area contributed by atoms with Crippen LogP contribution in [0.25, 0.3) is 10.1 Å². The van der Waals surface area contributed by atoms with E-state index in [-0.39, 0.29) is 0 Å². The van der Waals surface area contributed by atoms with Crippen LogP contribution in [0.1, 0.15) is 0 Å². The second kappa shape index (κ2) is 2.92. The zero-order valence-electron chi connectivity index (χ0n) is 6.29. The zero-order chi connectivity index (χ0) is 7.68. The average molecular weight is 180 g/mol. The normalized spacial score (nSPS) is 11.7. The van der Waals surface area contributed by atoms with Crippen molar-refractivity contribution < 1.29 is 0 Å². The van der Waals surface area contributed by atoms with Crippen LogP contribution >= 0.6 is 19.9 Å². The van der Waals surface area contributed by atoms with Gasteiger partial charge in [-0.3, -0.25) is 0 Å². The fourth-order valence-electron chi connectivity index (χ4n) is 1.11. The number of rotatable bonds is 1. The predicted octanol–water partition coefficient (Wildman–Crippen LogP) is 2.83. The lowest BCUT2D eigenvalue weighted by atomic mass is 10.3. The van der Waals surface area contributed by atoms with Crippen molar-refractivity contribution in [3.63, 3.8) is 0 Å². The SMILES string of the molecule is CPc1cc2ccccc2s1. The van der Waals surface area contributed by atoms with Crippen molar-refractivity contribution in [2.45, 2.75) is 0 Å². The van der Waals surface area contributed by atoms with Gasteiger partial charge in [-0.2, -0.15) is 0 Å². The molecular weight excluding hydrogens is 171 g/mol. The molecule has 0 fully saturated rings. The highest BCUT2D eigenvalue weighted by molar-refractivity contribution is 7.57. The van der Waals surface area contributed by atoms with Crippen molar-refractivity contribution in [3.8, 4) is 0 Å². The van der Waals surface area contributed by atoms with Crippen LogP contribution in [-0.2, 0) is 0 Å². The van der Waals surface area contributed by atoms with Crippen molar-refractivity contribution in [1.82, 2.24) is 0 Å². The molecule has 0 aliphatic heterocycles. The number of benzene rings is 1. The van der Waals surface area contributed by atoms with Crippen molar-refractivity contribution in [2.24, 2.45) is 0 Å². The minimum atomic E-state index is 0.932. The van der Waals surface area contributed by atoms with Crippen LogP contribution in [0.2, 0.25) is 0 Å². The quantitative estimate of drug-likeness (QED) is 0.592. The molecule has 2 rings (SSSR count). The van der Waals surface area contributed by atoms with E-state index in [1.165, 1.54) is 14.7 Å². The van der Waals surface area contributed by atoms with E-state index in [1.54, 1.807) is 0 Å². The first-order valence-electron chi connectivity index (χ1n) is 3.56. The van der Waals surface area contributed by atoms with Gasteiger partial charge in [-0.15, -0.1) is 11.3 Å². The van der Waals surface area contributed by atoms with Gasteiger partial charge in [0, 0.05) is 9.32 Å². The summed E-state index contributed by atoms with van der Waals surface area (Å²) in [5.74, 6) is 0. The maximum Gasteiger partial charge on any atom is 0.0349 e. The molecule has 0 spiro atoms. The summed E-state index contributed by atoms with van der Waals surface area (Å²) in [7, 11) is 0.932. The summed E-state index contributed by atoms with van der Waals surface area (Å²) in [6.07, 6.45) is 0. The van der Waals surface area contributed by atoms with Gasteiger partial charge < -0.3 is 0 Å². The van der Waals surface area contributed by atoms with Crippen LogP contribution in [0.5, 0.6) is 0 Å². The van der Waals surface area contributed by atoms with Crippen molar-refractivity contribution in [3.05, 3.63) is 30.3 Å². The fraction of sp³-hybridized carbons (Fsp3) is 0.111. The molecule has 11 heavy (non-hydrogen) atoms. The Morgan fingerprint density at radius 3 is 2.82 bits per heavy atom. The lowest BCUT2D eigenvalue weighted by molar-refractivity contribution is 1.86. The van der Waals surface area contributed by atoms with Gasteiger partial charge in [0.15, 0.2) is 0 Å². The Hall–Kier alpha value is -0.390. The summed E-state index contributed by atoms with van der Waals surface area (Å²) in [5.41, 5.74) is 0. The fourth-order valence-corrected chi connectivity index (χ4v) is 2.96. The molecule has 1 aromatic heterocycles. The molecule has 0 aliphatic rings. The first kappa shape index (κ1) is 7.27. The van der Waals surface area contributed by atoms with Crippen LogP contribution in [0, 0.1) is 0 Å². The minimum absolute atomic E-state index is 0.932. The van der Waals surface area contributed by atoms with Crippen molar-refractivity contribution in [1.29, 1.82) is 0 Å². The van der Waals surface area contributed by atoms with Crippen LogP contribution in [-0.4, -0.2) is 6.66 Å². The minimum Gasteiger partial charge on any atom is -0.136 e. The molecule has 0 bridgehead atoms. The van der Waals surface area contributed by atoms with Gasteiger partial charge in [-0.25, -0.2) is 0 Å². The highest BCUT2D eigenvalue weighted by Crippen LogP contribution is 2.22. The summed E-state index contributed by atoms with van der Waals surface area (Å²) >= 11 is 1.91. The van der Waals surface area contributed by atoms with E-state index in [4.69, 9.17) is 0 Å². The molecule has 2 aromatic rings. The van der Waals surface area contributed by atoms with Crippen molar-refractivity contribution >= 4 is 34.6 Å². The van der Waals surface area contributed by atoms with E-state index >= 15 is 0 Å². The Morgan fingerprint density at radius 1 is 1.27 bits per heavy atom. The molecular formula is C9H9PS. The molecule has 0 saturated heterocycles. The lowest BCUT2D eigenvalue weighted by Gasteiger charge is -1.82. The number of hydrogen-bond donors (Lipinski definition) is 0. The highest BCUT2D eigenvalue weighted by Gasteiger charge is 1.96. The number of fused-ring (bicyclic) bond motifs is 1. The second-order valence-electron chi connectivity index (χ2n) is 2.40. The average Bonchev–Trinajstić information content (AvgIpc) is 2.46. The van der Waals surface area contributed by atoms with Crippen LogP contribution in [0.4, 0.5) is 0 Å². The second-order valence-corrected chi connectivity index (χ2v) is 4.88. The van der Waals surface area contributed by atoms with Gasteiger partial charge in [-0.1, -0.05) is 26.8 Å². The van der Waals surface area contributed by atoms with Gasteiger partial charge >= 0.3 is 0 Å². The molecule has 56 valence electrons. The molecule has 0 saturated carbocycles. The molecule has 0 aliphatic carbocycles. The molecule has 2 heteroatoms. The van der Waals surface area contributed by atoms with Crippen LogP contribution < -0.4 is 4.62 Å². The third kappa shape index (κ3) is 1.31. The third-order valence-corrected chi connectivity index (χ3v) is 4.16. The Morgan fingerprint density at radius 2 is 2.09 bits per heavy atom. The molecule has 1 aromatic carbocycles. The molecule has 0 amide bonds. The number of hydrogen-bond acceptors (Lipinski definition) is 1. The summed E-state index contributed by atoms with van der Waals surface area (Å²) < 4.78 is 2.92. The van der Waals surface area contributed by atoms with Gasteiger partial charge in [0.1, 0.15) is 0 Å². The molecule has 1 atom stereocenters. The van der Waals surface area contributed by atoms with Crippen LogP contribution in [0.15, 0.2) is 30.3 Å². The van der Waals surface area contributed by atoms with Crippen molar-refractivity contribution in [2.75, 3.05) is 6.66 Å². The standard InChI is InChI=1S/C9H9PS/c1-10-9-6-7-4-2-3-5-8(7)11-9/h2-6,10H,1H3. The Labute approximate surface area is 72.0 Å². The van der Waals surface area contributed by atoms with Gasteiger partial charge in [0.25, 0.3) is 0 Å². The summed E-state index contributed by atoms with van der Waals surface area (Å²) in [4.78, 5) is 0. The third-order valence-electron chi connectivity index (χ3n) is 1.67. The molecule has 0 N–H and O–H groups in total. The molecule has 1 unspecified atom stereocenters. The molecule has 0 radical (unpaired) electrons. The summed E-state index contributed by atoms with van der Waals surface area (Å²) in [5, 5.41) is 1.39. The Balaban J connectivity index is 2.69. The Kier molecular flexibility index (Phi) is 1.93. The molecule has 0 nitrogen and oxygen atoms in total. The van der Waals surface area contributed by atoms with E-state index < -0.39 is 0 Å². The smallest absolute Gasteiger partial charge is 0.0349 e. The van der Waals surface area contributed by atoms with Gasteiger partial charge in [0.2, 0.25) is 0 Å². The zero-order valence-corrected chi connectivity index (χ0v) is 8.11. The highest BCUT2D eigenvalue weighted by atomic mass is 32.1. The Bertz CT molecular complexity index is 331. The number of thiophene rings is 1. The van der Waals surface area contributed by atoms with E-state index in [0.717, 1.165) is 8.58 Å². The maximum atomic E-state index is 2.29. The first-order chi connectivity index (χ1) is 5.40. The predicted molar refractivity (Wildman–Crippen MR) is 55.7 cm³/mol. The molecule has 1 heterocycles. The van der Waals surface area contributed by atoms with E-state index in [0.29, 0.717) is 0 Å². The van der Waals surface area contributed by atoms with Gasteiger partial charge in [-0.05, 0) is 24.2 Å². The monoisotopic (exact) mass is 180 g/mol. The first-order valence-corrected chi connectivity index (χ1v) is 5.88. The largest absolute Gasteiger partial charge is 0.136 e. The summed E-state index contributed by atoms with van der Waals surface area (Å²) in [6, 6.07) is 10.8. The van der Waals surface area contributed by atoms with E-state index in [9.17, 15) is 0 Å². The van der Waals surface area contributed by atoms with Gasteiger partial charge in [0.05, 0.1) is 0 Å². The van der Waals surface area contributed by atoms with Crippen LogP contribution in [0.3, 0.4) is 0 Å².